The second-order valence-electron chi connectivity index (χ2n) is 4.33. The Morgan fingerprint density at radius 3 is 2.70 bits per heavy atom. The highest BCUT2D eigenvalue weighted by Gasteiger charge is 2.11. The number of rotatable bonds is 7. The molecule has 0 aromatic heterocycles. The molecule has 0 saturated heterocycles. The molecule has 0 fully saturated rings. The van der Waals surface area contributed by atoms with Crippen molar-refractivity contribution in [3.63, 3.8) is 0 Å². The number of ether oxygens (including phenoxy) is 1. The van der Waals surface area contributed by atoms with Crippen LogP contribution >= 0.6 is 0 Å². The van der Waals surface area contributed by atoms with Gasteiger partial charge in [-0.05, 0) is 37.6 Å². The summed E-state index contributed by atoms with van der Waals surface area (Å²) in [6.45, 7) is 0.595. The lowest BCUT2D eigenvalue weighted by molar-refractivity contribution is -0.116. The molecule has 0 spiro atoms. The van der Waals surface area contributed by atoms with Crippen molar-refractivity contribution in [2.75, 3.05) is 19.0 Å². The largest absolute Gasteiger partial charge is 0.465 e. The van der Waals surface area contributed by atoms with E-state index in [-0.39, 0.29) is 17.2 Å². The first-order valence-electron chi connectivity index (χ1n) is 6.46. The van der Waals surface area contributed by atoms with Crippen molar-refractivity contribution in [3.8, 4) is 0 Å². The summed E-state index contributed by atoms with van der Waals surface area (Å²) in [6.07, 6.45) is 2.71. The van der Waals surface area contributed by atoms with Crippen molar-refractivity contribution >= 4 is 17.6 Å². The minimum atomic E-state index is -0.590. The topological polar surface area (TPSA) is 81.4 Å². The number of carbonyl (C=O) groups excluding carboxylic acids is 2. The van der Waals surface area contributed by atoms with Crippen LogP contribution in [0, 0.1) is 5.82 Å². The number of methoxy groups -OCH3 is 1. The molecule has 0 aliphatic rings. The molecule has 0 bridgehead atoms. The number of hydrogen-bond donors (Lipinski definition) is 2. The van der Waals surface area contributed by atoms with E-state index < -0.39 is 11.8 Å². The van der Waals surface area contributed by atoms with Gasteiger partial charge in [0, 0.05) is 6.42 Å². The fraction of sp³-hybridized carbons (Fsp3) is 0.429. The fourth-order valence-electron chi connectivity index (χ4n) is 1.69. The van der Waals surface area contributed by atoms with Crippen LogP contribution in [0.15, 0.2) is 18.2 Å². The van der Waals surface area contributed by atoms with Gasteiger partial charge in [-0.2, -0.15) is 0 Å². The Labute approximate surface area is 117 Å². The monoisotopic (exact) mass is 282 g/mol. The number of nitrogens with one attached hydrogen (secondary N) is 1. The van der Waals surface area contributed by atoms with Crippen LogP contribution in [0.5, 0.6) is 0 Å². The molecule has 20 heavy (non-hydrogen) atoms. The molecule has 0 heterocycles. The number of anilines is 1. The van der Waals surface area contributed by atoms with Crippen LogP contribution in [-0.2, 0) is 9.53 Å². The van der Waals surface area contributed by atoms with E-state index in [2.05, 4.69) is 10.1 Å². The zero-order valence-corrected chi connectivity index (χ0v) is 11.4. The number of nitrogens with two attached hydrogens (primary N) is 1. The van der Waals surface area contributed by atoms with E-state index in [4.69, 9.17) is 5.73 Å². The molecule has 0 aliphatic heterocycles. The maximum Gasteiger partial charge on any atom is 0.337 e. The van der Waals surface area contributed by atoms with Gasteiger partial charge in [-0.1, -0.05) is 6.42 Å². The van der Waals surface area contributed by atoms with Crippen molar-refractivity contribution in [3.05, 3.63) is 29.6 Å². The summed E-state index contributed by atoms with van der Waals surface area (Å²) in [4.78, 5) is 23.0. The smallest absolute Gasteiger partial charge is 0.337 e. The third kappa shape index (κ3) is 4.97. The van der Waals surface area contributed by atoms with Crippen LogP contribution in [0.25, 0.3) is 0 Å². The summed E-state index contributed by atoms with van der Waals surface area (Å²) in [7, 11) is 1.24. The maximum atomic E-state index is 13.6. The van der Waals surface area contributed by atoms with E-state index >= 15 is 0 Å². The lowest BCUT2D eigenvalue weighted by atomic mass is 10.1. The Bertz CT molecular complexity index is 477. The standard InChI is InChI=1S/C14H19FN2O3/c1-20-14(19)10-6-7-11(15)12(9-10)17-13(18)5-3-2-4-8-16/h6-7,9H,2-5,8,16H2,1H3,(H,17,18). The lowest BCUT2D eigenvalue weighted by Crippen LogP contribution is -2.13. The molecule has 6 heteroatoms. The van der Waals surface area contributed by atoms with E-state index in [0.29, 0.717) is 19.4 Å². The average Bonchev–Trinajstić information content (AvgIpc) is 2.45. The minimum absolute atomic E-state index is 0.0169. The summed E-state index contributed by atoms with van der Waals surface area (Å²) in [5.41, 5.74) is 5.52. The summed E-state index contributed by atoms with van der Waals surface area (Å²) < 4.78 is 18.1. The van der Waals surface area contributed by atoms with E-state index in [1.165, 1.54) is 19.2 Å². The first kappa shape index (κ1) is 16.1. The molecular formula is C14H19FN2O3. The quantitative estimate of drug-likeness (QED) is 0.592. The van der Waals surface area contributed by atoms with Crippen LogP contribution in [0.2, 0.25) is 0 Å². The van der Waals surface area contributed by atoms with Gasteiger partial charge in [0.1, 0.15) is 5.82 Å². The third-order valence-electron chi connectivity index (χ3n) is 2.77. The highest BCUT2D eigenvalue weighted by atomic mass is 19.1. The molecule has 3 N–H and O–H groups in total. The van der Waals surface area contributed by atoms with Crippen LogP contribution in [0.1, 0.15) is 36.0 Å². The van der Waals surface area contributed by atoms with Gasteiger partial charge < -0.3 is 15.8 Å². The molecule has 0 radical (unpaired) electrons. The van der Waals surface area contributed by atoms with E-state index in [9.17, 15) is 14.0 Å². The van der Waals surface area contributed by atoms with Crippen LogP contribution in [-0.4, -0.2) is 25.5 Å². The zero-order valence-electron chi connectivity index (χ0n) is 11.4. The first-order chi connectivity index (χ1) is 9.58. The predicted octanol–water partition coefficient (Wildman–Crippen LogP) is 2.07. The van der Waals surface area contributed by atoms with Crippen LogP contribution in [0.4, 0.5) is 10.1 Å². The van der Waals surface area contributed by atoms with E-state index in [0.717, 1.165) is 18.9 Å². The normalized spacial score (nSPS) is 10.2. The highest BCUT2D eigenvalue weighted by molar-refractivity contribution is 5.94. The number of esters is 1. The Morgan fingerprint density at radius 2 is 2.05 bits per heavy atom. The second kappa shape index (κ2) is 8.27. The second-order valence-corrected chi connectivity index (χ2v) is 4.33. The van der Waals surface area contributed by atoms with Crippen LogP contribution < -0.4 is 11.1 Å². The first-order valence-corrected chi connectivity index (χ1v) is 6.46. The van der Waals surface area contributed by atoms with Gasteiger partial charge >= 0.3 is 5.97 Å². The molecule has 0 aliphatic carbocycles. The maximum absolute atomic E-state index is 13.6. The lowest BCUT2D eigenvalue weighted by Gasteiger charge is -2.08. The number of carbonyl (C=O) groups is 2. The zero-order chi connectivity index (χ0) is 15.0. The number of halogens is 1. The van der Waals surface area contributed by atoms with Gasteiger partial charge in [0.2, 0.25) is 5.91 Å². The van der Waals surface area contributed by atoms with Crippen LogP contribution in [0.3, 0.4) is 0 Å². The fourth-order valence-corrected chi connectivity index (χ4v) is 1.69. The molecular weight excluding hydrogens is 263 g/mol. The van der Waals surface area contributed by atoms with Gasteiger partial charge in [0.25, 0.3) is 0 Å². The summed E-state index contributed by atoms with van der Waals surface area (Å²) >= 11 is 0. The molecule has 1 aromatic carbocycles. The van der Waals surface area contributed by atoms with E-state index in [1.54, 1.807) is 0 Å². The molecule has 5 nitrogen and oxygen atoms in total. The van der Waals surface area contributed by atoms with Crippen molar-refractivity contribution in [1.29, 1.82) is 0 Å². The Kier molecular flexibility index (Phi) is 6.66. The number of unbranched alkanes of at least 4 members (excludes halogenated alkanes) is 2. The van der Waals surface area contributed by atoms with Gasteiger partial charge in [0.05, 0.1) is 18.4 Å². The average molecular weight is 282 g/mol. The molecule has 1 aromatic rings. The van der Waals surface area contributed by atoms with Gasteiger partial charge in [0.15, 0.2) is 0 Å². The van der Waals surface area contributed by atoms with Crippen molar-refractivity contribution in [2.45, 2.75) is 25.7 Å². The molecule has 0 atom stereocenters. The highest BCUT2D eigenvalue weighted by Crippen LogP contribution is 2.17. The van der Waals surface area contributed by atoms with Gasteiger partial charge in [-0.3, -0.25) is 4.79 Å². The van der Waals surface area contributed by atoms with E-state index in [1.807, 2.05) is 0 Å². The summed E-state index contributed by atoms with van der Waals surface area (Å²) in [5.74, 6) is -1.46. The van der Waals surface area contributed by atoms with Gasteiger partial charge in [-0.15, -0.1) is 0 Å². The van der Waals surface area contributed by atoms with Crippen molar-refractivity contribution < 1.29 is 18.7 Å². The molecule has 0 saturated carbocycles. The van der Waals surface area contributed by atoms with Crippen molar-refractivity contribution in [2.24, 2.45) is 5.73 Å². The Morgan fingerprint density at radius 1 is 1.30 bits per heavy atom. The Hall–Kier alpha value is -1.95. The summed E-state index contributed by atoms with van der Waals surface area (Å²) in [6, 6.07) is 3.69. The molecule has 1 amide bonds. The molecule has 110 valence electrons. The third-order valence-corrected chi connectivity index (χ3v) is 2.77. The SMILES string of the molecule is COC(=O)c1ccc(F)c(NC(=O)CCCCCN)c1. The van der Waals surface area contributed by atoms with Crippen molar-refractivity contribution in [1.82, 2.24) is 0 Å². The minimum Gasteiger partial charge on any atom is -0.465 e. The number of hydrogen-bond acceptors (Lipinski definition) is 4. The molecule has 0 unspecified atom stereocenters. The number of amides is 1. The summed E-state index contributed by atoms with van der Waals surface area (Å²) in [5, 5.41) is 2.45. The molecule has 1 rings (SSSR count). The Balaban J connectivity index is 2.62. The van der Waals surface area contributed by atoms with Gasteiger partial charge in [-0.25, -0.2) is 9.18 Å². The predicted molar refractivity (Wildman–Crippen MR) is 73.9 cm³/mol. The number of benzene rings is 1.